The summed E-state index contributed by atoms with van der Waals surface area (Å²) in [5.41, 5.74) is 6.61. The van der Waals surface area contributed by atoms with Gasteiger partial charge in [-0.05, 0) is 63.7 Å². The smallest absolute Gasteiger partial charge is 0.0684 e. The molecule has 0 aliphatic heterocycles. The second kappa shape index (κ2) is 23.1. The maximum Gasteiger partial charge on any atom is 0.0684 e. The molecule has 0 amide bonds. The topological polar surface area (TPSA) is 44.5 Å². The van der Waals surface area contributed by atoms with E-state index in [-0.39, 0.29) is 0 Å². The number of nitrogens with one attached hydrogen (secondary N) is 2. The molecule has 0 atom stereocenters. The zero-order valence-electron chi connectivity index (χ0n) is 31.5. The van der Waals surface area contributed by atoms with Gasteiger partial charge >= 0.3 is 0 Å². The Labute approximate surface area is 277 Å². The summed E-state index contributed by atoms with van der Waals surface area (Å²) in [5, 5.41) is 9.54. The van der Waals surface area contributed by atoms with Gasteiger partial charge in [0.25, 0.3) is 0 Å². The predicted molar refractivity (Wildman–Crippen MR) is 205 cm³/mol. The molecule has 0 radical (unpaired) electrons. The molecule has 3 heteroatoms. The molecule has 250 valence electrons. The highest BCUT2D eigenvalue weighted by molar-refractivity contribution is 5.83. The summed E-state index contributed by atoms with van der Waals surface area (Å²) >= 11 is 0. The molecule has 5 rings (SSSR count). The van der Waals surface area contributed by atoms with Gasteiger partial charge in [-0.15, -0.1) is 0 Å². The molecule has 0 fully saturated rings. The first-order valence-electron chi connectivity index (χ1n) is 17.1. The zero-order chi connectivity index (χ0) is 34.5. The van der Waals surface area contributed by atoms with Crippen LogP contribution in [0.3, 0.4) is 0 Å². The molecule has 0 spiro atoms. The monoisotopic (exact) mass is 614 g/mol. The number of H-pyrrole nitrogens is 2. The van der Waals surface area contributed by atoms with E-state index in [1.54, 1.807) is 0 Å². The number of hydrogen-bond acceptors (Lipinski definition) is 1. The highest BCUT2D eigenvalue weighted by Crippen LogP contribution is 2.24. The van der Waals surface area contributed by atoms with Gasteiger partial charge in [0.05, 0.1) is 11.7 Å². The van der Waals surface area contributed by atoms with Gasteiger partial charge in [0, 0.05) is 17.1 Å². The van der Waals surface area contributed by atoms with Crippen molar-refractivity contribution in [3.63, 3.8) is 0 Å². The van der Waals surface area contributed by atoms with Gasteiger partial charge in [-0.1, -0.05) is 171 Å². The largest absolute Gasteiger partial charge is 0.361 e. The number of rotatable bonds is 3. The zero-order valence-corrected chi connectivity index (χ0v) is 31.5. The van der Waals surface area contributed by atoms with Crippen LogP contribution in [0.15, 0.2) is 85.2 Å². The second-order valence-electron chi connectivity index (χ2n) is 14.5. The van der Waals surface area contributed by atoms with Gasteiger partial charge in [-0.2, -0.15) is 5.10 Å². The maximum atomic E-state index is 4.02. The van der Waals surface area contributed by atoms with Gasteiger partial charge in [0.1, 0.15) is 0 Å². The van der Waals surface area contributed by atoms with Crippen molar-refractivity contribution in [2.75, 3.05) is 0 Å². The number of aromatic amines is 2. The second-order valence-corrected chi connectivity index (χ2v) is 14.5. The van der Waals surface area contributed by atoms with Crippen molar-refractivity contribution < 1.29 is 0 Å². The Balaban J connectivity index is 0.000000553. The van der Waals surface area contributed by atoms with Crippen molar-refractivity contribution in [3.8, 4) is 0 Å². The Morgan fingerprint density at radius 2 is 0.889 bits per heavy atom. The normalized spacial score (nSPS) is 10.4. The van der Waals surface area contributed by atoms with E-state index in [0.29, 0.717) is 17.8 Å². The lowest BCUT2D eigenvalue weighted by atomic mass is 10.0. The van der Waals surface area contributed by atoms with Crippen molar-refractivity contribution in [1.82, 2.24) is 15.2 Å². The fraction of sp³-hybridized carbons (Fsp3) is 0.500. The van der Waals surface area contributed by atoms with E-state index in [9.17, 15) is 0 Å². The Morgan fingerprint density at radius 1 is 0.444 bits per heavy atom. The van der Waals surface area contributed by atoms with Crippen LogP contribution in [0.25, 0.3) is 21.8 Å². The van der Waals surface area contributed by atoms with E-state index in [1.807, 2.05) is 18.5 Å². The summed E-state index contributed by atoms with van der Waals surface area (Å²) < 4.78 is 0. The van der Waals surface area contributed by atoms with Crippen molar-refractivity contribution in [2.24, 2.45) is 17.8 Å². The van der Waals surface area contributed by atoms with Crippen LogP contribution in [0.1, 0.15) is 138 Å². The quantitative estimate of drug-likeness (QED) is 0.209. The van der Waals surface area contributed by atoms with Crippen LogP contribution in [-0.4, -0.2) is 15.2 Å². The summed E-state index contributed by atoms with van der Waals surface area (Å²) in [6.07, 6.45) is 3.86. The highest BCUT2D eigenvalue weighted by atomic mass is 15.1. The fourth-order valence-electron chi connectivity index (χ4n) is 3.90. The number of fused-ring (bicyclic) bond motifs is 2. The van der Waals surface area contributed by atoms with E-state index >= 15 is 0 Å². The summed E-state index contributed by atoms with van der Waals surface area (Å²) in [5.74, 6) is 4.30. The molecule has 0 unspecified atom stereocenters. The highest BCUT2D eigenvalue weighted by Gasteiger charge is 2.05. The van der Waals surface area contributed by atoms with E-state index < -0.39 is 0 Å². The molecule has 3 aromatic carbocycles. The third kappa shape index (κ3) is 18.9. The number of benzene rings is 3. The molecule has 0 bridgehead atoms. The van der Waals surface area contributed by atoms with Crippen molar-refractivity contribution in [3.05, 3.63) is 102 Å². The molecule has 2 aromatic heterocycles. The van der Waals surface area contributed by atoms with Crippen molar-refractivity contribution in [2.45, 2.75) is 122 Å². The average molecular weight is 614 g/mol. The molecular weight excluding hydrogens is 546 g/mol. The molecule has 0 aliphatic rings. The third-order valence-corrected chi connectivity index (χ3v) is 5.84. The van der Waals surface area contributed by atoms with Crippen LogP contribution < -0.4 is 0 Å². The first-order chi connectivity index (χ1) is 21.1. The standard InChI is InChI=1S/C11H13N.C10H12N2.C9H12.3C4H10/c1-8(2)10-5-3-4-9-6-7-12-11(9)10;1-7(2)9-5-3-4-8-6-11-12-10(8)9;1-8(2)9-6-4-3-5-7-9;3*1-4(2)3/h3-8,12H,1-2H3;3-7H,1-2H3,(H,11,12);3-8H,1-2H3;3*4H,1-3H3. The van der Waals surface area contributed by atoms with Crippen molar-refractivity contribution >= 4 is 21.8 Å². The molecule has 2 heterocycles. The summed E-state index contributed by atoms with van der Waals surface area (Å²) in [6.45, 7) is 32.7. The molecule has 0 saturated heterocycles. The Kier molecular flexibility index (Phi) is 21.4. The summed E-state index contributed by atoms with van der Waals surface area (Å²) in [7, 11) is 0. The fourth-order valence-corrected chi connectivity index (χ4v) is 3.90. The molecule has 45 heavy (non-hydrogen) atoms. The summed E-state index contributed by atoms with van der Waals surface area (Å²) in [6, 6.07) is 25.4. The first-order valence-corrected chi connectivity index (χ1v) is 17.1. The SMILES string of the molecule is CC(C)C.CC(C)C.CC(C)C.CC(C)c1cccc2cc[nH]c12.CC(C)c1cccc2cn[nH]c12.CC(C)c1ccccc1. The predicted octanol–water partition coefficient (Wildman–Crippen LogP) is 13.8. The lowest BCUT2D eigenvalue weighted by Gasteiger charge is -2.05. The summed E-state index contributed by atoms with van der Waals surface area (Å²) in [4.78, 5) is 3.27. The molecule has 5 aromatic rings. The Morgan fingerprint density at radius 3 is 1.31 bits per heavy atom. The van der Waals surface area contributed by atoms with E-state index in [4.69, 9.17) is 0 Å². The van der Waals surface area contributed by atoms with Crippen LogP contribution in [0.2, 0.25) is 0 Å². The Hall–Kier alpha value is -3.33. The maximum absolute atomic E-state index is 4.02. The number of hydrogen-bond donors (Lipinski definition) is 2. The van der Waals surface area contributed by atoms with Crippen LogP contribution in [0.5, 0.6) is 0 Å². The lowest BCUT2D eigenvalue weighted by Crippen LogP contribution is -1.88. The molecule has 0 aliphatic carbocycles. The van der Waals surface area contributed by atoms with Gasteiger partial charge in [-0.3, -0.25) is 5.10 Å². The molecular formula is C42H67N3. The minimum Gasteiger partial charge on any atom is -0.361 e. The first kappa shape index (κ1) is 41.7. The lowest BCUT2D eigenvalue weighted by molar-refractivity contribution is 0.736. The third-order valence-electron chi connectivity index (χ3n) is 5.84. The van der Waals surface area contributed by atoms with E-state index in [0.717, 1.165) is 17.8 Å². The van der Waals surface area contributed by atoms with Gasteiger partial charge in [-0.25, -0.2) is 0 Å². The van der Waals surface area contributed by atoms with E-state index in [2.05, 4.69) is 186 Å². The van der Waals surface area contributed by atoms with Crippen LogP contribution in [0.4, 0.5) is 0 Å². The average Bonchev–Trinajstić information content (AvgIpc) is 3.63. The number of para-hydroxylation sites is 2. The molecule has 2 N–H and O–H groups in total. The van der Waals surface area contributed by atoms with Crippen molar-refractivity contribution in [1.29, 1.82) is 0 Å². The minimum absolute atomic E-state index is 0.550. The van der Waals surface area contributed by atoms with Crippen LogP contribution in [0, 0.1) is 17.8 Å². The molecule has 0 saturated carbocycles. The van der Waals surface area contributed by atoms with Gasteiger partial charge < -0.3 is 4.98 Å². The number of nitrogens with zero attached hydrogens (tertiary/aromatic N) is 1. The van der Waals surface area contributed by atoms with Crippen LogP contribution >= 0.6 is 0 Å². The van der Waals surface area contributed by atoms with Gasteiger partial charge in [0.2, 0.25) is 0 Å². The van der Waals surface area contributed by atoms with Gasteiger partial charge in [0.15, 0.2) is 0 Å². The Bertz CT molecular complexity index is 1280. The van der Waals surface area contributed by atoms with Crippen LogP contribution in [-0.2, 0) is 0 Å². The number of aromatic nitrogens is 3. The van der Waals surface area contributed by atoms with E-state index in [1.165, 1.54) is 38.5 Å². The minimum atomic E-state index is 0.550. The molecule has 3 nitrogen and oxygen atoms in total.